The highest BCUT2D eigenvalue weighted by atomic mass is 35.5. The summed E-state index contributed by atoms with van der Waals surface area (Å²) in [5.41, 5.74) is 2.23. The van der Waals surface area contributed by atoms with Crippen molar-refractivity contribution in [2.45, 2.75) is 45.6 Å². The van der Waals surface area contributed by atoms with E-state index < -0.39 is 0 Å². The number of aromatic hydroxyl groups is 1. The number of unbranched alkanes of at least 4 members (excludes halogenated alkanes) is 2. The predicted molar refractivity (Wildman–Crippen MR) is 98.7 cm³/mol. The lowest BCUT2D eigenvalue weighted by molar-refractivity contribution is 0.160. The number of hydrogen-bond donors (Lipinski definition) is 2. The average molecular weight is 349 g/mol. The molecule has 3 nitrogen and oxygen atoms in total. The molecule has 1 aliphatic rings. The first-order valence-corrected chi connectivity index (χ1v) is 7.96. The zero-order chi connectivity index (χ0) is 14.4. The molecule has 0 unspecified atom stereocenters. The standard InChI is InChI=1S/C17H28N2O.2ClH/c1-3-4-5-6-16(19-11-9-18-10-12-19)15-8-7-14(2)13-17(15)20;;/h7-8,13,16,18,20H,3-6,9-12H2,1-2H3;2*1H/t16-;;/m0../s1. The highest BCUT2D eigenvalue weighted by Crippen LogP contribution is 2.33. The fraction of sp³-hybridized carbons (Fsp3) is 0.647. The molecule has 1 heterocycles. The van der Waals surface area contributed by atoms with Crippen molar-refractivity contribution in [2.75, 3.05) is 26.2 Å². The maximum atomic E-state index is 10.3. The lowest BCUT2D eigenvalue weighted by Gasteiger charge is -2.35. The van der Waals surface area contributed by atoms with Gasteiger partial charge in [-0.2, -0.15) is 0 Å². The maximum absolute atomic E-state index is 10.3. The Balaban J connectivity index is 0.00000220. The Morgan fingerprint density at radius 1 is 1.18 bits per heavy atom. The lowest BCUT2D eigenvalue weighted by atomic mass is 9.96. The number of phenols is 1. The third-order valence-corrected chi connectivity index (χ3v) is 4.22. The van der Waals surface area contributed by atoms with E-state index in [-0.39, 0.29) is 24.8 Å². The van der Waals surface area contributed by atoms with E-state index in [1.165, 1.54) is 19.3 Å². The van der Waals surface area contributed by atoms with Crippen molar-refractivity contribution in [1.29, 1.82) is 0 Å². The van der Waals surface area contributed by atoms with Crippen molar-refractivity contribution in [2.24, 2.45) is 0 Å². The van der Waals surface area contributed by atoms with Crippen LogP contribution < -0.4 is 5.32 Å². The molecule has 0 saturated carbocycles. The number of rotatable bonds is 6. The second-order valence-electron chi connectivity index (χ2n) is 5.86. The van der Waals surface area contributed by atoms with Gasteiger partial charge in [-0.3, -0.25) is 4.90 Å². The molecule has 22 heavy (non-hydrogen) atoms. The Morgan fingerprint density at radius 2 is 1.86 bits per heavy atom. The summed E-state index contributed by atoms with van der Waals surface area (Å²) in [6, 6.07) is 6.49. The Labute approximate surface area is 147 Å². The summed E-state index contributed by atoms with van der Waals surface area (Å²) in [7, 11) is 0. The normalized spacial score (nSPS) is 16.5. The largest absolute Gasteiger partial charge is 0.508 e. The second kappa shape index (κ2) is 11.1. The van der Waals surface area contributed by atoms with Gasteiger partial charge in [-0.1, -0.05) is 38.3 Å². The molecule has 5 heteroatoms. The van der Waals surface area contributed by atoms with E-state index in [4.69, 9.17) is 0 Å². The predicted octanol–water partition coefficient (Wildman–Crippen LogP) is 4.07. The number of piperazine rings is 1. The van der Waals surface area contributed by atoms with E-state index in [0.717, 1.165) is 43.7 Å². The van der Waals surface area contributed by atoms with Gasteiger partial charge < -0.3 is 10.4 Å². The van der Waals surface area contributed by atoms with Crippen LogP contribution in [0.5, 0.6) is 5.75 Å². The minimum Gasteiger partial charge on any atom is -0.508 e. The third-order valence-electron chi connectivity index (χ3n) is 4.22. The molecule has 0 aromatic heterocycles. The summed E-state index contributed by atoms with van der Waals surface area (Å²) in [6.45, 7) is 8.52. The van der Waals surface area contributed by atoms with Gasteiger partial charge in [0.25, 0.3) is 0 Å². The number of halogens is 2. The second-order valence-corrected chi connectivity index (χ2v) is 5.86. The number of nitrogens with zero attached hydrogens (tertiary/aromatic N) is 1. The Bertz CT molecular complexity index is 423. The molecule has 0 bridgehead atoms. The first kappa shape index (κ1) is 21.5. The molecule has 1 atom stereocenters. The van der Waals surface area contributed by atoms with Crippen LogP contribution in [0.2, 0.25) is 0 Å². The molecule has 1 aromatic carbocycles. The zero-order valence-corrected chi connectivity index (χ0v) is 15.3. The van der Waals surface area contributed by atoms with E-state index in [9.17, 15) is 5.11 Å². The molecule has 1 saturated heterocycles. The number of nitrogens with one attached hydrogen (secondary N) is 1. The molecule has 2 N–H and O–H groups in total. The van der Waals surface area contributed by atoms with Gasteiger partial charge in [0, 0.05) is 37.8 Å². The van der Waals surface area contributed by atoms with Gasteiger partial charge in [0.1, 0.15) is 5.75 Å². The Morgan fingerprint density at radius 3 is 2.45 bits per heavy atom. The highest BCUT2D eigenvalue weighted by molar-refractivity contribution is 5.85. The van der Waals surface area contributed by atoms with E-state index in [2.05, 4.69) is 29.3 Å². The fourth-order valence-corrected chi connectivity index (χ4v) is 3.05. The smallest absolute Gasteiger partial charge is 0.120 e. The van der Waals surface area contributed by atoms with Gasteiger partial charge >= 0.3 is 0 Å². The van der Waals surface area contributed by atoms with Crippen LogP contribution in [0.3, 0.4) is 0 Å². The molecule has 128 valence electrons. The molecule has 0 aliphatic carbocycles. The number of benzene rings is 1. The average Bonchev–Trinajstić information content (AvgIpc) is 2.46. The monoisotopic (exact) mass is 348 g/mol. The molecular formula is C17H30Cl2N2O. The summed E-state index contributed by atoms with van der Waals surface area (Å²) in [5, 5.41) is 13.7. The van der Waals surface area contributed by atoms with Crippen LogP contribution in [0.25, 0.3) is 0 Å². The van der Waals surface area contributed by atoms with Crippen molar-refractivity contribution >= 4 is 24.8 Å². The summed E-state index contributed by atoms with van der Waals surface area (Å²) >= 11 is 0. The van der Waals surface area contributed by atoms with E-state index in [0.29, 0.717) is 11.8 Å². The van der Waals surface area contributed by atoms with Gasteiger partial charge in [-0.15, -0.1) is 24.8 Å². The fourth-order valence-electron chi connectivity index (χ4n) is 3.05. The Hall–Kier alpha value is -0.480. The lowest BCUT2D eigenvalue weighted by Crippen LogP contribution is -2.45. The summed E-state index contributed by atoms with van der Waals surface area (Å²) in [5.74, 6) is 0.463. The van der Waals surface area contributed by atoms with Gasteiger partial charge in [-0.25, -0.2) is 0 Å². The first-order valence-electron chi connectivity index (χ1n) is 7.96. The van der Waals surface area contributed by atoms with Crippen LogP contribution in [0.4, 0.5) is 0 Å². The van der Waals surface area contributed by atoms with Gasteiger partial charge in [0.15, 0.2) is 0 Å². The number of hydrogen-bond acceptors (Lipinski definition) is 3. The summed E-state index contributed by atoms with van der Waals surface area (Å²) in [6.07, 6.45) is 4.90. The summed E-state index contributed by atoms with van der Waals surface area (Å²) in [4.78, 5) is 2.52. The third kappa shape index (κ3) is 5.96. The van der Waals surface area contributed by atoms with Crippen LogP contribution in [0.1, 0.15) is 49.8 Å². The molecule has 0 amide bonds. The minimum atomic E-state index is 0. The van der Waals surface area contributed by atoms with Crippen LogP contribution in [0.15, 0.2) is 18.2 Å². The minimum absolute atomic E-state index is 0. The van der Waals surface area contributed by atoms with Crippen LogP contribution in [-0.4, -0.2) is 36.2 Å². The SMILES string of the molecule is CCCCC[C@@H](c1ccc(C)cc1O)N1CCNCC1.Cl.Cl. The van der Waals surface area contributed by atoms with E-state index >= 15 is 0 Å². The highest BCUT2D eigenvalue weighted by Gasteiger charge is 2.23. The van der Waals surface area contributed by atoms with Gasteiger partial charge in [-0.05, 0) is 25.0 Å². The Kier molecular flexibility index (Phi) is 10.9. The van der Waals surface area contributed by atoms with Gasteiger partial charge in [0.05, 0.1) is 0 Å². The quantitative estimate of drug-likeness (QED) is 0.760. The van der Waals surface area contributed by atoms with Crippen LogP contribution in [-0.2, 0) is 0 Å². The maximum Gasteiger partial charge on any atom is 0.120 e. The van der Waals surface area contributed by atoms with E-state index in [1.807, 2.05) is 13.0 Å². The first-order chi connectivity index (χ1) is 9.72. The molecular weight excluding hydrogens is 319 g/mol. The molecule has 1 aromatic rings. The topological polar surface area (TPSA) is 35.5 Å². The van der Waals surface area contributed by atoms with Crippen molar-refractivity contribution in [3.63, 3.8) is 0 Å². The van der Waals surface area contributed by atoms with Crippen molar-refractivity contribution in [3.8, 4) is 5.75 Å². The van der Waals surface area contributed by atoms with Crippen molar-refractivity contribution < 1.29 is 5.11 Å². The van der Waals surface area contributed by atoms with Crippen LogP contribution >= 0.6 is 24.8 Å². The van der Waals surface area contributed by atoms with Crippen molar-refractivity contribution in [3.05, 3.63) is 29.3 Å². The van der Waals surface area contributed by atoms with E-state index in [1.54, 1.807) is 0 Å². The number of phenolic OH excluding ortho intramolecular Hbond substituents is 1. The molecule has 0 radical (unpaired) electrons. The molecule has 1 aliphatic heterocycles. The molecule has 1 fully saturated rings. The zero-order valence-electron chi connectivity index (χ0n) is 13.7. The van der Waals surface area contributed by atoms with Crippen molar-refractivity contribution in [1.82, 2.24) is 10.2 Å². The van der Waals surface area contributed by atoms with Crippen LogP contribution in [0, 0.1) is 6.92 Å². The molecule has 2 rings (SSSR count). The summed E-state index contributed by atoms with van der Waals surface area (Å²) < 4.78 is 0. The molecule has 0 spiro atoms. The number of aryl methyl sites for hydroxylation is 1. The van der Waals surface area contributed by atoms with Gasteiger partial charge in [0.2, 0.25) is 0 Å².